The second kappa shape index (κ2) is 8.43. The number of benzene rings is 2. The highest BCUT2D eigenvalue weighted by molar-refractivity contribution is 7.95. The van der Waals surface area contributed by atoms with Crippen LogP contribution in [0.1, 0.15) is 40.7 Å². The van der Waals surface area contributed by atoms with E-state index in [-0.39, 0.29) is 16.6 Å². The predicted molar refractivity (Wildman–Crippen MR) is 109 cm³/mol. The number of carbonyl (C=O) groups is 1. The Balaban J connectivity index is 1.93. The minimum atomic E-state index is -3.69. The number of amides is 1. The summed E-state index contributed by atoms with van der Waals surface area (Å²) < 4.78 is 33.0. The number of piperidine rings is 1. The van der Waals surface area contributed by atoms with E-state index in [9.17, 15) is 13.6 Å². The Bertz CT molecular complexity index is 902. The van der Waals surface area contributed by atoms with E-state index in [1.807, 2.05) is 32.0 Å². The van der Waals surface area contributed by atoms with Gasteiger partial charge in [0.05, 0.1) is 7.11 Å². The molecule has 0 aliphatic carbocycles. The minimum absolute atomic E-state index is 0.0798. The number of aryl methyl sites for hydroxylation is 2. The Labute approximate surface area is 167 Å². The van der Waals surface area contributed by atoms with E-state index in [0.29, 0.717) is 24.3 Å². The first-order valence-corrected chi connectivity index (χ1v) is 10.8. The Hall–Kier alpha value is -2.22. The average molecular weight is 403 g/mol. The third-order valence-electron chi connectivity index (χ3n) is 5.06. The average Bonchev–Trinajstić information content (AvgIpc) is 2.68. The fourth-order valence-electron chi connectivity index (χ4n) is 3.57. The summed E-state index contributed by atoms with van der Waals surface area (Å²) in [6, 6.07) is 10.4. The van der Waals surface area contributed by atoms with Crippen molar-refractivity contribution in [3.63, 3.8) is 0 Å². The van der Waals surface area contributed by atoms with Crippen LogP contribution in [0.2, 0.25) is 0 Å². The molecule has 0 spiro atoms. The van der Waals surface area contributed by atoms with Crippen LogP contribution in [0, 0.1) is 13.8 Å². The van der Waals surface area contributed by atoms with Gasteiger partial charge in [0, 0.05) is 30.4 Å². The van der Waals surface area contributed by atoms with Crippen molar-refractivity contribution in [2.45, 2.75) is 38.0 Å². The minimum Gasteiger partial charge on any atom is -0.593 e. The van der Waals surface area contributed by atoms with Gasteiger partial charge in [0.2, 0.25) is 4.90 Å². The quantitative estimate of drug-likeness (QED) is 0.768. The summed E-state index contributed by atoms with van der Waals surface area (Å²) in [6.07, 6.45) is 2.74. The van der Waals surface area contributed by atoms with Crippen molar-refractivity contribution >= 4 is 22.0 Å². The van der Waals surface area contributed by atoms with Crippen LogP contribution in [0.4, 0.5) is 5.69 Å². The number of sulfonamides is 1. The lowest BCUT2D eigenvalue weighted by Crippen LogP contribution is -2.40. The molecule has 1 N–H and O–H groups in total. The number of anilines is 1. The summed E-state index contributed by atoms with van der Waals surface area (Å²) in [5.41, 5.74) is 2.75. The zero-order valence-corrected chi connectivity index (χ0v) is 17.3. The molecule has 1 aliphatic heterocycles. The topological polar surface area (TPSA) is 81.7 Å². The number of methoxy groups -OCH3 is 1. The van der Waals surface area contributed by atoms with Crippen LogP contribution in [0.25, 0.3) is 0 Å². The standard InChI is InChI=1S/C21H26N2O4S/c1-15-8-7-9-16(2)20(15)21(24)22-17-10-11-18(27-3)19(14-17)28(25,26)23-12-5-4-6-13-23/h7-11,14H,4-6,12-13H2,1-3H3,(H-,22,24,25,26). The first kappa shape index (κ1) is 20.5. The zero-order valence-electron chi connectivity index (χ0n) is 16.5. The van der Waals surface area contributed by atoms with E-state index >= 15 is 0 Å². The van der Waals surface area contributed by atoms with Crippen molar-refractivity contribution in [2.75, 3.05) is 25.5 Å². The normalized spacial score (nSPS) is 17.0. The maximum absolute atomic E-state index is 13.1. The van der Waals surface area contributed by atoms with Crippen LogP contribution in [0.15, 0.2) is 41.3 Å². The van der Waals surface area contributed by atoms with Crippen LogP contribution in [-0.4, -0.2) is 35.0 Å². The molecule has 0 radical (unpaired) electrons. The molecule has 7 heteroatoms. The van der Waals surface area contributed by atoms with E-state index in [1.54, 1.807) is 12.1 Å². The number of nitrogens with zero attached hydrogens (tertiary/aromatic N) is 1. The molecule has 1 unspecified atom stereocenters. The molecular formula is C21H26N2O4S. The third-order valence-corrected chi connectivity index (χ3v) is 6.98. The van der Waals surface area contributed by atoms with E-state index in [4.69, 9.17) is 4.74 Å². The van der Waals surface area contributed by atoms with Gasteiger partial charge in [-0.3, -0.25) is 4.79 Å². The maximum atomic E-state index is 13.1. The van der Waals surface area contributed by atoms with Gasteiger partial charge in [0.1, 0.15) is 0 Å². The van der Waals surface area contributed by atoms with Gasteiger partial charge in [-0.15, -0.1) is 4.31 Å². The molecule has 0 bridgehead atoms. The van der Waals surface area contributed by atoms with Gasteiger partial charge in [0.25, 0.3) is 5.91 Å². The van der Waals surface area contributed by atoms with Crippen molar-refractivity contribution in [1.82, 2.24) is 4.31 Å². The SMILES string of the molecule is COc1ccc(NC(=O)c2c(C)cccc2C)cc1[S+](=O)([O-])N1CCCCC1. The van der Waals surface area contributed by atoms with E-state index in [0.717, 1.165) is 30.4 Å². The molecular weight excluding hydrogens is 376 g/mol. The van der Waals surface area contributed by atoms with Crippen molar-refractivity contribution in [2.24, 2.45) is 0 Å². The number of nitrogens with one attached hydrogen (secondary N) is 1. The Morgan fingerprint density at radius 1 is 1.11 bits per heavy atom. The van der Waals surface area contributed by atoms with Gasteiger partial charge >= 0.3 is 0 Å². The first-order valence-electron chi connectivity index (χ1n) is 9.40. The molecule has 0 saturated carbocycles. The van der Waals surface area contributed by atoms with Gasteiger partial charge in [-0.1, -0.05) is 28.8 Å². The first-order chi connectivity index (χ1) is 13.3. The van der Waals surface area contributed by atoms with Crippen molar-refractivity contribution in [1.29, 1.82) is 0 Å². The Kier molecular flexibility index (Phi) is 6.17. The van der Waals surface area contributed by atoms with Gasteiger partial charge in [-0.05, 0) is 49.9 Å². The van der Waals surface area contributed by atoms with E-state index < -0.39 is 10.4 Å². The molecule has 6 nitrogen and oxygen atoms in total. The van der Waals surface area contributed by atoms with Crippen molar-refractivity contribution < 1.29 is 18.3 Å². The van der Waals surface area contributed by atoms with Crippen molar-refractivity contribution in [3.05, 3.63) is 53.1 Å². The van der Waals surface area contributed by atoms with Crippen LogP contribution >= 0.6 is 0 Å². The van der Waals surface area contributed by atoms with Crippen molar-refractivity contribution in [3.8, 4) is 5.75 Å². The second-order valence-corrected chi connectivity index (χ2v) is 8.96. The summed E-state index contributed by atoms with van der Waals surface area (Å²) in [4.78, 5) is 12.9. The zero-order chi connectivity index (χ0) is 20.3. The number of carbonyl (C=O) groups excluding carboxylic acids is 1. The van der Waals surface area contributed by atoms with E-state index in [2.05, 4.69) is 5.32 Å². The summed E-state index contributed by atoms with van der Waals surface area (Å²) in [7, 11) is -2.24. The lowest BCUT2D eigenvalue weighted by Gasteiger charge is -2.30. The Morgan fingerprint density at radius 2 is 1.75 bits per heavy atom. The molecule has 0 aromatic heterocycles. The van der Waals surface area contributed by atoms with Gasteiger partial charge < -0.3 is 14.6 Å². The van der Waals surface area contributed by atoms with Gasteiger partial charge in [-0.25, -0.2) is 0 Å². The fraction of sp³-hybridized carbons (Fsp3) is 0.381. The van der Waals surface area contributed by atoms with Crippen LogP contribution in [-0.2, 0) is 14.6 Å². The molecule has 3 rings (SSSR count). The van der Waals surface area contributed by atoms with Crippen LogP contribution < -0.4 is 10.1 Å². The van der Waals surface area contributed by atoms with Gasteiger partial charge in [0.15, 0.2) is 16.1 Å². The number of hydrogen-bond donors (Lipinski definition) is 1. The highest BCUT2D eigenvalue weighted by Crippen LogP contribution is 2.34. The molecule has 1 aliphatic rings. The summed E-state index contributed by atoms with van der Waals surface area (Å²) in [5.74, 6) is 0.0118. The van der Waals surface area contributed by atoms with Crippen LogP contribution in [0.5, 0.6) is 5.75 Å². The lowest BCUT2D eigenvalue weighted by molar-refractivity contribution is 0.102. The molecule has 2 aromatic carbocycles. The van der Waals surface area contributed by atoms with Gasteiger partial charge in [-0.2, -0.15) is 0 Å². The highest BCUT2D eigenvalue weighted by atomic mass is 32.3. The lowest BCUT2D eigenvalue weighted by atomic mass is 10.0. The fourth-order valence-corrected chi connectivity index (χ4v) is 5.27. The van der Waals surface area contributed by atoms with E-state index in [1.165, 1.54) is 17.5 Å². The summed E-state index contributed by atoms with van der Waals surface area (Å²) in [6.45, 7) is 4.76. The largest absolute Gasteiger partial charge is 0.593 e. The maximum Gasteiger partial charge on any atom is 0.256 e. The monoisotopic (exact) mass is 402 g/mol. The van der Waals surface area contributed by atoms with Crippen LogP contribution in [0.3, 0.4) is 0 Å². The summed E-state index contributed by atoms with van der Waals surface area (Å²) in [5, 5.41) is 2.83. The molecule has 1 fully saturated rings. The molecule has 150 valence electrons. The molecule has 1 amide bonds. The number of ether oxygens (including phenoxy) is 1. The Morgan fingerprint density at radius 3 is 2.36 bits per heavy atom. The predicted octanol–water partition coefficient (Wildman–Crippen LogP) is 3.95. The smallest absolute Gasteiger partial charge is 0.256 e. The molecule has 1 atom stereocenters. The molecule has 2 aromatic rings. The highest BCUT2D eigenvalue weighted by Gasteiger charge is 2.34. The summed E-state index contributed by atoms with van der Waals surface area (Å²) >= 11 is 0. The molecule has 28 heavy (non-hydrogen) atoms. The molecule has 1 heterocycles. The molecule has 1 saturated heterocycles. The number of rotatable bonds is 5. The number of hydrogen-bond acceptors (Lipinski definition) is 4. The second-order valence-electron chi connectivity index (χ2n) is 7.05. The third kappa shape index (κ3) is 4.11.